The number of nitrogens with one attached hydrogen (secondary N) is 2. The zero-order chi connectivity index (χ0) is 20.1. The molecule has 0 fully saturated rings. The standard InChI is InChI=1S/C23H20N4OS/c24-19-5-1-2-6-20(19)27-23(28)17-10-8-16(9-11-17)21-13-12-18(29-21)15-26-22-7-3-4-14-25-22/h1-14H,15,24H2,(H,25,26)(H,27,28). The highest BCUT2D eigenvalue weighted by Gasteiger charge is 2.09. The fourth-order valence-corrected chi connectivity index (χ4v) is 3.82. The first-order chi connectivity index (χ1) is 14.2. The summed E-state index contributed by atoms with van der Waals surface area (Å²) in [5.41, 5.74) is 8.72. The molecule has 6 heteroatoms. The number of nitrogens with two attached hydrogens (primary N) is 1. The van der Waals surface area contributed by atoms with Crippen LogP contribution in [0.4, 0.5) is 17.2 Å². The second-order valence-corrected chi connectivity index (χ2v) is 7.62. The van der Waals surface area contributed by atoms with E-state index in [-0.39, 0.29) is 5.91 Å². The van der Waals surface area contributed by atoms with Crippen molar-refractivity contribution >= 4 is 34.4 Å². The van der Waals surface area contributed by atoms with E-state index in [4.69, 9.17) is 5.73 Å². The third-order valence-electron chi connectivity index (χ3n) is 4.41. The van der Waals surface area contributed by atoms with Crippen molar-refractivity contribution < 1.29 is 4.79 Å². The molecule has 2 aromatic carbocycles. The summed E-state index contributed by atoms with van der Waals surface area (Å²) in [5.74, 6) is 0.678. The van der Waals surface area contributed by atoms with Gasteiger partial charge in [-0.05, 0) is 54.1 Å². The van der Waals surface area contributed by atoms with Crippen LogP contribution in [0.2, 0.25) is 0 Å². The number of pyridine rings is 1. The second kappa shape index (κ2) is 8.58. The SMILES string of the molecule is Nc1ccccc1NC(=O)c1ccc(-c2ccc(CNc3ccccn3)s2)cc1. The number of nitrogens with zero attached hydrogens (tertiary/aromatic N) is 1. The van der Waals surface area contributed by atoms with E-state index in [0.717, 1.165) is 22.8 Å². The van der Waals surface area contributed by atoms with Crippen molar-refractivity contribution in [1.29, 1.82) is 0 Å². The molecular weight excluding hydrogens is 380 g/mol. The maximum atomic E-state index is 12.5. The van der Waals surface area contributed by atoms with Gasteiger partial charge in [0.25, 0.3) is 5.91 Å². The van der Waals surface area contributed by atoms with Gasteiger partial charge < -0.3 is 16.4 Å². The number of hydrogen-bond acceptors (Lipinski definition) is 5. The Bertz CT molecular complexity index is 1110. The Balaban J connectivity index is 1.41. The minimum absolute atomic E-state index is 0.180. The predicted octanol–water partition coefficient (Wildman–Crippen LogP) is 5.26. The van der Waals surface area contributed by atoms with Crippen molar-refractivity contribution in [3.8, 4) is 10.4 Å². The van der Waals surface area contributed by atoms with Crippen LogP contribution in [0, 0.1) is 0 Å². The van der Waals surface area contributed by atoms with Gasteiger partial charge in [-0.25, -0.2) is 4.98 Å². The van der Waals surface area contributed by atoms with Gasteiger partial charge in [-0.3, -0.25) is 4.79 Å². The van der Waals surface area contributed by atoms with Gasteiger partial charge in [0.1, 0.15) is 5.82 Å². The van der Waals surface area contributed by atoms with E-state index in [9.17, 15) is 4.79 Å². The van der Waals surface area contributed by atoms with Crippen LogP contribution in [0.5, 0.6) is 0 Å². The summed E-state index contributed by atoms with van der Waals surface area (Å²) < 4.78 is 0. The summed E-state index contributed by atoms with van der Waals surface area (Å²) in [6, 6.07) is 24.8. The van der Waals surface area contributed by atoms with E-state index in [1.165, 1.54) is 4.88 Å². The van der Waals surface area contributed by atoms with Crippen LogP contribution >= 0.6 is 11.3 Å². The first kappa shape index (κ1) is 18.7. The van der Waals surface area contributed by atoms with E-state index in [1.807, 2.05) is 54.6 Å². The summed E-state index contributed by atoms with van der Waals surface area (Å²) in [4.78, 5) is 19.1. The molecule has 144 valence electrons. The first-order valence-electron chi connectivity index (χ1n) is 9.19. The van der Waals surface area contributed by atoms with Gasteiger partial charge in [-0.2, -0.15) is 0 Å². The van der Waals surface area contributed by atoms with Crippen molar-refractivity contribution in [2.75, 3.05) is 16.4 Å². The van der Waals surface area contributed by atoms with Crippen LogP contribution in [0.3, 0.4) is 0 Å². The molecular formula is C23H20N4OS. The highest BCUT2D eigenvalue weighted by Crippen LogP contribution is 2.29. The highest BCUT2D eigenvalue weighted by atomic mass is 32.1. The molecule has 4 N–H and O–H groups in total. The molecule has 0 saturated carbocycles. The number of nitrogen functional groups attached to an aromatic ring is 1. The Kier molecular flexibility index (Phi) is 5.54. The summed E-state index contributed by atoms with van der Waals surface area (Å²) >= 11 is 1.72. The summed E-state index contributed by atoms with van der Waals surface area (Å²) in [7, 11) is 0. The highest BCUT2D eigenvalue weighted by molar-refractivity contribution is 7.15. The molecule has 0 unspecified atom stereocenters. The molecule has 0 aliphatic carbocycles. The van der Waals surface area contributed by atoms with E-state index >= 15 is 0 Å². The molecule has 2 heterocycles. The molecule has 0 spiro atoms. The fraction of sp³-hybridized carbons (Fsp3) is 0.0435. The van der Waals surface area contributed by atoms with Gasteiger partial charge in [0.2, 0.25) is 0 Å². The maximum Gasteiger partial charge on any atom is 0.255 e. The number of rotatable bonds is 6. The van der Waals surface area contributed by atoms with Crippen molar-refractivity contribution in [2.45, 2.75) is 6.54 Å². The van der Waals surface area contributed by atoms with Crippen LogP contribution in [0.15, 0.2) is 85.1 Å². The van der Waals surface area contributed by atoms with E-state index in [2.05, 4.69) is 27.8 Å². The van der Waals surface area contributed by atoms with Gasteiger partial charge in [0.15, 0.2) is 0 Å². The molecule has 0 radical (unpaired) electrons. The molecule has 0 atom stereocenters. The number of hydrogen-bond donors (Lipinski definition) is 3. The summed E-state index contributed by atoms with van der Waals surface area (Å²) in [5, 5.41) is 6.16. The molecule has 4 aromatic rings. The number of thiophene rings is 1. The van der Waals surface area contributed by atoms with Crippen molar-refractivity contribution in [2.24, 2.45) is 0 Å². The third kappa shape index (κ3) is 4.62. The summed E-state index contributed by atoms with van der Waals surface area (Å²) in [6.07, 6.45) is 1.77. The van der Waals surface area contributed by atoms with E-state index < -0.39 is 0 Å². The smallest absolute Gasteiger partial charge is 0.255 e. The number of aromatic nitrogens is 1. The minimum Gasteiger partial charge on any atom is -0.397 e. The van der Waals surface area contributed by atoms with Crippen LogP contribution < -0.4 is 16.4 Å². The Morgan fingerprint density at radius 1 is 0.931 bits per heavy atom. The number of amides is 1. The lowest BCUT2D eigenvalue weighted by Gasteiger charge is -2.08. The molecule has 2 aromatic heterocycles. The number of anilines is 3. The van der Waals surface area contributed by atoms with Gasteiger partial charge >= 0.3 is 0 Å². The van der Waals surface area contributed by atoms with Gasteiger partial charge in [-0.1, -0.05) is 30.3 Å². The summed E-state index contributed by atoms with van der Waals surface area (Å²) in [6.45, 7) is 0.723. The molecule has 0 bridgehead atoms. The second-order valence-electron chi connectivity index (χ2n) is 6.45. The molecule has 0 aliphatic heterocycles. The normalized spacial score (nSPS) is 10.5. The topological polar surface area (TPSA) is 80.0 Å². The van der Waals surface area contributed by atoms with Crippen molar-refractivity contribution in [3.05, 3.63) is 95.5 Å². The van der Waals surface area contributed by atoms with Crippen LogP contribution in [0.1, 0.15) is 15.2 Å². The van der Waals surface area contributed by atoms with E-state index in [0.29, 0.717) is 16.9 Å². The lowest BCUT2D eigenvalue weighted by atomic mass is 10.1. The number of benzene rings is 2. The van der Waals surface area contributed by atoms with Crippen LogP contribution in [0.25, 0.3) is 10.4 Å². The molecule has 0 aliphatic rings. The first-order valence-corrected chi connectivity index (χ1v) is 10.0. The van der Waals surface area contributed by atoms with E-state index in [1.54, 1.807) is 29.7 Å². The lowest BCUT2D eigenvalue weighted by Crippen LogP contribution is -2.12. The Morgan fingerprint density at radius 3 is 2.48 bits per heavy atom. The zero-order valence-electron chi connectivity index (χ0n) is 15.6. The molecule has 1 amide bonds. The third-order valence-corrected chi connectivity index (χ3v) is 5.55. The zero-order valence-corrected chi connectivity index (χ0v) is 16.4. The van der Waals surface area contributed by atoms with Crippen LogP contribution in [-0.2, 0) is 6.54 Å². The largest absolute Gasteiger partial charge is 0.397 e. The lowest BCUT2D eigenvalue weighted by molar-refractivity contribution is 0.102. The molecule has 4 rings (SSSR count). The molecule has 0 saturated heterocycles. The average Bonchev–Trinajstić information content (AvgIpc) is 3.24. The van der Waals surface area contributed by atoms with Crippen molar-refractivity contribution in [1.82, 2.24) is 4.98 Å². The number of para-hydroxylation sites is 2. The Morgan fingerprint density at radius 2 is 1.72 bits per heavy atom. The van der Waals surface area contributed by atoms with Crippen molar-refractivity contribution in [3.63, 3.8) is 0 Å². The van der Waals surface area contributed by atoms with Gasteiger partial charge in [0.05, 0.1) is 17.9 Å². The minimum atomic E-state index is -0.180. The predicted molar refractivity (Wildman–Crippen MR) is 120 cm³/mol. The fourth-order valence-electron chi connectivity index (χ4n) is 2.86. The molecule has 29 heavy (non-hydrogen) atoms. The monoisotopic (exact) mass is 400 g/mol. The van der Waals surface area contributed by atoms with Gasteiger partial charge in [0, 0.05) is 21.5 Å². The number of carbonyl (C=O) groups excluding carboxylic acids is 1. The Labute approximate surface area is 173 Å². The van der Waals surface area contributed by atoms with Crippen LogP contribution in [-0.4, -0.2) is 10.9 Å². The quantitative estimate of drug-likeness (QED) is 0.386. The average molecular weight is 401 g/mol. The molecule has 5 nitrogen and oxygen atoms in total. The number of carbonyl (C=O) groups is 1. The Hall–Kier alpha value is -3.64. The van der Waals surface area contributed by atoms with Gasteiger partial charge in [-0.15, -0.1) is 11.3 Å². The maximum absolute atomic E-state index is 12.5.